The van der Waals surface area contributed by atoms with Gasteiger partial charge < -0.3 is 16.4 Å². The number of benzene rings is 1. The van der Waals surface area contributed by atoms with E-state index in [4.69, 9.17) is 5.73 Å². The molecule has 2 unspecified atom stereocenters. The van der Waals surface area contributed by atoms with Gasteiger partial charge in [0.25, 0.3) is 0 Å². The molecule has 0 amide bonds. The maximum atomic E-state index is 9.51. The topological polar surface area (TPSA) is 104 Å². The number of hydrogen-bond acceptors (Lipinski definition) is 5. The van der Waals surface area contributed by atoms with Crippen molar-refractivity contribution in [3.8, 4) is 11.8 Å². The van der Waals surface area contributed by atoms with Crippen LogP contribution in [0.4, 0.5) is 5.82 Å². The van der Waals surface area contributed by atoms with Crippen LogP contribution < -0.4 is 16.4 Å². The Balaban J connectivity index is 0.00000320. The first-order valence-electron chi connectivity index (χ1n) is 9.99. The summed E-state index contributed by atoms with van der Waals surface area (Å²) in [5.41, 5.74) is 8.22. The lowest BCUT2D eigenvalue weighted by molar-refractivity contribution is 0.611. The lowest BCUT2D eigenvalue weighted by Crippen LogP contribution is -2.42. The minimum atomic E-state index is 0. The van der Waals surface area contributed by atoms with Crippen LogP contribution in [-0.2, 0) is 6.42 Å². The Kier molecular flexibility index (Phi) is 9.78. The quantitative estimate of drug-likeness (QED) is 0.216. The molecule has 0 bridgehead atoms. The predicted octanol–water partition coefficient (Wildman–Crippen LogP) is 3.33. The SMILES string of the molecule is CN=C(NCCCc1nn(-c2ccccc2)c(N)c1C#N)NC1CCC(SC)C1.I. The first-order valence-corrected chi connectivity index (χ1v) is 11.3. The van der Waals surface area contributed by atoms with Gasteiger partial charge in [0.15, 0.2) is 5.96 Å². The second-order valence-electron chi connectivity index (χ2n) is 7.18. The number of aliphatic imine (C=N–C) groups is 1. The molecule has 2 aromatic rings. The van der Waals surface area contributed by atoms with Crippen molar-refractivity contribution in [3.63, 3.8) is 0 Å². The number of halogens is 1. The Hall–Kier alpha value is -1.93. The maximum absolute atomic E-state index is 9.51. The monoisotopic (exact) mass is 539 g/mol. The molecule has 1 aromatic carbocycles. The average Bonchev–Trinajstić information content (AvgIpc) is 3.34. The standard InChI is InChI=1S/C21H29N7S.HI/c1-24-21(26-15-10-11-17(13-15)29-2)25-12-6-9-19-18(14-22)20(23)28(27-19)16-7-4-3-5-8-16;/h3-5,7-8,15,17H,6,9-13,23H2,1-2H3,(H2,24,25,26);1H. The van der Waals surface area contributed by atoms with Gasteiger partial charge in [-0.05, 0) is 50.5 Å². The van der Waals surface area contributed by atoms with Crippen molar-refractivity contribution >= 4 is 47.5 Å². The van der Waals surface area contributed by atoms with Crippen LogP contribution in [0.25, 0.3) is 5.69 Å². The summed E-state index contributed by atoms with van der Waals surface area (Å²) in [5.74, 6) is 1.23. The third-order valence-electron chi connectivity index (χ3n) is 5.27. The van der Waals surface area contributed by atoms with E-state index in [2.05, 4.69) is 33.0 Å². The fourth-order valence-corrected chi connectivity index (χ4v) is 4.47. The summed E-state index contributed by atoms with van der Waals surface area (Å²) in [7, 11) is 1.80. The normalized spacial score (nSPS) is 18.5. The Morgan fingerprint density at radius 2 is 2.13 bits per heavy atom. The lowest BCUT2D eigenvalue weighted by Gasteiger charge is -2.17. The molecule has 1 aromatic heterocycles. The number of nitrogen functional groups attached to an aromatic ring is 1. The Morgan fingerprint density at radius 1 is 1.37 bits per heavy atom. The molecule has 1 aliphatic carbocycles. The number of thioether (sulfide) groups is 1. The molecular weight excluding hydrogens is 509 g/mol. The van der Waals surface area contributed by atoms with Crippen molar-refractivity contribution in [3.05, 3.63) is 41.6 Å². The van der Waals surface area contributed by atoms with Crippen LogP contribution in [0.2, 0.25) is 0 Å². The zero-order valence-electron chi connectivity index (χ0n) is 17.5. The minimum absolute atomic E-state index is 0. The van der Waals surface area contributed by atoms with E-state index in [0.717, 1.165) is 35.6 Å². The van der Waals surface area contributed by atoms with Gasteiger partial charge in [-0.3, -0.25) is 4.99 Å². The fourth-order valence-electron chi connectivity index (χ4n) is 3.68. The van der Waals surface area contributed by atoms with Crippen LogP contribution in [0.3, 0.4) is 0 Å². The second kappa shape index (κ2) is 12.1. The minimum Gasteiger partial charge on any atom is -0.382 e. The summed E-state index contributed by atoms with van der Waals surface area (Å²) in [5, 5.41) is 21.7. The molecule has 9 heteroatoms. The Morgan fingerprint density at radius 3 is 2.77 bits per heavy atom. The van der Waals surface area contributed by atoms with Crippen molar-refractivity contribution in [2.45, 2.75) is 43.4 Å². The largest absolute Gasteiger partial charge is 0.382 e. The van der Waals surface area contributed by atoms with Crippen LogP contribution >= 0.6 is 35.7 Å². The number of anilines is 1. The third kappa shape index (κ3) is 6.04. The molecule has 7 nitrogen and oxygen atoms in total. The fraction of sp³-hybridized carbons (Fsp3) is 0.476. The van der Waals surface area contributed by atoms with E-state index in [1.807, 2.05) is 42.1 Å². The summed E-state index contributed by atoms with van der Waals surface area (Å²) in [6, 6.07) is 12.3. The number of nitrogens with two attached hydrogens (primary N) is 1. The summed E-state index contributed by atoms with van der Waals surface area (Å²) in [4.78, 5) is 4.33. The highest BCUT2D eigenvalue weighted by molar-refractivity contribution is 14.0. The molecule has 2 atom stereocenters. The summed E-state index contributed by atoms with van der Waals surface area (Å²) in [6.45, 7) is 0.751. The average molecular weight is 539 g/mol. The summed E-state index contributed by atoms with van der Waals surface area (Å²) in [6.07, 6.45) is 7.32. The number of hydrogen-bond donors (Lipinski definition) is 3. The smallest absolute Gasteiger partial charge is 0.191 e. The molecule has 1 fully saturated rings. The molecular formula is C21H30IN7S. The number of aromatic nitrogens is 2. The number of nitrogens with zero attached hydrogens (tertiary/aromatic N) is 4. The highest BCUT2D eigenvalue weighted by atomic mass is 127. The highest BCUT2D eigenvalue weighted by Gasteiger charge is 2.24. The molecule has 0 saturated heterocycles. The van der Waals surface area contributed by atoms with Crippen LogP contribution in [0.1, 0.15) is 36.9 Å². The lowest BCUT2D eigenvalue weighted by atomic mass is 10.1. The number of guanidine groups is 1. The van der Waals surface area contributed by atoms with Crippen molar-refractivity contribution < 1.29 is 0 Å². The van der Waals surface area contributed by atoms with Gasteiger partial charge in [0.1, 0.15) is 17.5 Å². The number of para-hydroxylation sites is 1. The van der Waals surface area contributed by atoms with E-state index in [0.29, 0.717) is 23.8 Å². The van der Waals surface area contributed by atoms with E-state index in [-0.39, 0.29) is 24.0 Å². The second-order valence-corrected chi connectivity index (χ2v) is 8.32. The van der Waals surface area contributed by atoms with Gasteiger partial charge in [0.05, 0.1) is 11.4 Å². The molecule has 162 valence electrons. The summed E-state index contributed by atoms with van der Waals surface area (Å²) < 4.78 is 1.64. The predicted molar refractivity (Wildman–Crippen MR) is 136 cm³/mol. The molecule has 1 aliphatic rings. The molecule has 0 spiro atoms. The molecule has 1 saturated carbocycles. The first-order chi connectivity index (χ1) is 14.2. The van der Waals surface area contributed by atoms with Crippen LogP contribution in [0, 0.1) is 11.3 Å². The molecule has 0 radical (unpaired) electrons. The van der Waals surface area contributed by atoms with Gasteiger partial charge in [-0.1, -0.05) is 18.2 Å². The molecule has 30 heavy (non-hydrogen) atoms. The van der Waals surface area contributed by atoms with Gasteiger partial charge in [-0.2, -0.15) is 22.1 Å². The van der Waals surface area contributed by atoms with Crippen molar-refractivity contribution in [2.75, 3.05) is 25.6 Å². The molecule has 0 aliphatic heterocycles. The van der Waals surface area contributed by atoms with Gasteiger partial charge in [0.2, 0.25) is 0 Å². The number of aryl methyl sites for hydroxylation is 1. The third-order valence-corrected chi connectivity index (χ3v) is 6.37. The first kappa shape index (κ1) is 24.3. The van der Waals surface area contributed by atoms with Crippen LogP contribution in [-0.4, -0.2) is 46.9 Å². The van der Waals surface area contributed by atoms with E-state index in [1.165, 1.54) is 19.3 Å². The van der Waals surface area contributed by atoms with E-state index < -0.39 is 0 Å². The number of rotatable bonds is 7. The zero-order chi connectivity index (χ0) is 20.6. The Labute approximate surface area is 199 Å². The Bertz CT molecular complexity index is 875. The van der Waals surface area contributed by atoms with Crippen molar-refractivity contribution in [1.82, 2.24) is 20.4 Å². The molecule has 4 N–H and O–H groups in total. The maximum Gasteiger partial charge on any atom is 0.191 e. The van der Waals surface area contributed by atoms with E-state index in [9.17, 15) is 5.26 Å². The number of nitriles is 1. The van der Waals surface area contributed by atoms with E-state index in [1.54, 1.807) is 11.7 Å². The van der Waals surface area contributed by atoms with Crippen LogP contribution in [0.15, 0.2) is 35.3 Å². The van der Waals surface area contributed by atoms with Crippen LogP contribution in [0.5, 0.6) is 0 Å². The highest BCUT2D eigenvalue weighted by Crippen LogP contribution is 2.28. The van der Waals surface area contributed by atoms with Crippen molar-refractivity contribution in [2.24, 2.45) is 4.99 Å². The van der Waals surface area contributed by atoms with Gasteiger partial charge in [-0.15, -0.1) is 24.0 Å². The molecule has 1 heterocycles. The van der Waals surface area contributed by atoms with E-state index >= 15 is 0 Å². The summed E-state index contributed by atoms with van der Waals surface area (Å²) >= 11 is 1.95. The zero-order valence-corrected chi connectivity index (χ0v) is 20.6. The number of nitrogens with one attached hydrogen (secondary N) is 2. The van der Waals surface area contributed by atoms with Gasteiger partial charge >= 0.3 is 0 Å². The van der Waals surface area contributed by atoms with Gasteiger partial charge in [-0.25, -0.2) is 4.68 Å². The van der Waals surface area contributed by atoms with Crippen molar-refractivity contribution in [1.29, 1.82) is 5.26 Å². The molecule has 3 rings (SSSR count). The van der Waals surface area contributed by atoms with Gasteiger partial charge in [0, 0.05) is 24.9 Å².